The lowest BCUT2D eigenvalue weighted by molar-refractivity contribution is 0.140. The number of hydrogen-bond donors (Lipinski definition) is 2. The SMILES string of the molecule is CCNC(=NCc1ccc(C)cc1OC1CCOC1)NCc1nnc(C)n1C. The highest BCUT2D eigenvalue weighted by Crippen LogP contribution is 2.24. The summed E-state index contributed by atoms with van der Waals surface area (Å²) in [5, 5.41) is 14.9. The topological polar surface area (TPSA) is 85.6 Å². The Balaban J connectivity index is 1.68. The molecule has 1 unspecified atom stereocenters. The van der Waals surface area contributed by atoms with Gasteiger partial charge in [-0.25, -0.2) is 4.99 Å². The summed E-state index contributed by atoms with van der Waals surface area (Å²) in [7, 11) is 1.96. The van der Waals surface area contributed by atoms with E-state index in [4.69, 9.17) is 14.5 Å². The molecule has 2 heterocycles. The van der Waals surface area contributed by atoms with Crippen LogP contribution in [0.1, 0.15) is 36.1 Å². The highest BCUT2D eigenvalue weighted by atomic mass is 16.5. The van der Waals surface area contributed by atoms with E-state index in [1.54, 1.807) is 0 Å². The Kier molecular flexibility index (Phi) is 6.86. The number of aromatic nitrogens is 3. The van der Waals surface area contributed by atoms with E-state index in [-0.39, 0.29) is 6.10 Å². The van der Waals surface area contributed by atoms with Crippen molar-refractivity contribution in [2.75, 3.05) is 19.8 Å². The highest BCUT2D eigenvalue weighted by molar-refractivity contribution is 5.79. The molecule has 2 aromatic rings. The van der Waals surface area contributed by atoms with Gasteiger partial charge in [-0.2, -0.15) is 0 Å². The molecule has 0 saturated carbocycles. The highest BCUT2D eigenvalue weighted by Gasteiger charge is 2.18. The lowest BCUT2D eigenvalue weighted by Gasteiger charge is -2.16. The van der Waals surface area contributed by atoms with Crippen molar-refractivity contribution in [3.05, 3.63) is 41.0 Å². The first-order valence-corrected chi connectivity index (χ1v) is 9.77. The minimum atomic E-state index is 0.120. The number of aliphatic imine (C=N–C) groups is 1. The number of ether oxygens (including phenoxy) is 2. The van der Waals surface area contributed by atoms with Crippen LogP contribution in [0.2, 0.25) is 0 Å². The van der Waals surface area contributed by atoms with E-state index >= 15 is 0 Å². The molecule has 1 aromatic heterocycles. The van der Waals surface area contributed by atoms with Crippen LogP contribution in [0.5, 0.6) is 5.75 Å². The van der Waals surface area contributed by atoms with Crippen LogP contribution in [0, 0.1) is 13.8 Å². The first-order chi connectivity index (χ1) is 13.6. The maximum Gasteiger partial charge on any atom is 0.191 e. The molecule has 0 spiro atoms. The second kappa shape index (κ2) is 9.54. The summed E-state index contributed by atoms with van der Waals surface area (Å²) >= 11 is 0. The van der Waals surface area contributed by atoms with Gasteiger partial charge in [0.2, 0.25) is 0 Å². The molecule has 1 aliphatic rings. The van der Waals surface area contributed by atoms with Crippen LogP contribution < -0.4 is 15.4 Å². The molecule has 1 fully saturated rings. The molecule has 0 aliphatic carbocycles. The molecule has 0 radical (unpaired) electrons. The van der Waals surface area contributed by atoms with E-state index in [0.29, 0.717) is 19.7 Å². The fourth-order valence-corrected chi connectivity index (χ4v) is 2.96. The van der Waals surface area contributed by atoms with E-state index < -0.39 is 0 Å². The van der Waals surface area contributed by atoms with Gasteiger partial charge in [0.15, 0.2) is 11.8 Å². The quantitative estimate of drug-likeness (QED) is 0.558. The zero-order valence-corrected chi connectivity index (χ0v) is 17.2. The largest absolute Gasteiger partial charge is 0.488 e. The second-order valence-electron chi connectivity index (χ2n) is 6.99. The van der Waals surface area contributed by atoms with Crippen molar-refractivity contribution in [3.63, 3.8) is 0 Å². The Morgan fingerprint density at radius 2 is 2.18 bits per heavy atom. The average Bonchev–Trinajstić information content (AvgIpc) is 3.30. The number of aryl methyl sites for hydroxylation is 2. The van der Waals surface area contributed by atoms with Gasteiger partial charge in [-0.15, -0.1) is 10.2 Å². The molecule has 1 aliphatic heterocycles. The molecule has 0 bridgehead atoms. The van der Waals surface area contributed by atoms with Gasteiger partial charge in [-0.1, -0.05) is 12.1 Å². The zero-order valence-electron chi connectivity index (χ0n) is 17.2. The fraction of sp³-hybridized carbons (Fsp3) is 0.550. The standard InChI is InChI=1S/C20H30N6O2/c1-5-21-20(23-12-19-25-24-15(3)26(19)4)22-11-16-7-6-14(2)10-18(16)28-17-8-9-27-13-17/h6-7,10,17H,5,8-9,11-13H2,1-4H3,(H2,21,22,23). The maximum absolute atomic E-state index is 6.17. The summed E-state index contributed by atoms with van der Waals surface area (Å²) < 4.78 is 13.6. The number of benzene rings is 1. The van der Waals surface area contributed by atoms with Gasteiger partial charge in [-0.3, -0.25) is 0 Å². The van der Waals surface area contributed by atoms with Gasteiger partial charge in [0.25, 0.3) is 0 Å². The second-order valence-corrected chi connectivity index (χ2v) is 6.99. The lowest BCUT2D eigenvalue weighted by Crippen LogP contribution is -2.37. The van der Waals surface area contributed by atoms with Crippen LogP contribution in [0.4, 0.5) is 0 Å². The predicted molar refractivity (Wildman–Crippen MR) is 108 cm³/mol. The van der Waals surface area contributed by atoms with E-state index in [9.17, 15) is 0 Å². The minimum Gasteiger partial charge on any atom is -0.488 e. The van der Waals surface area contributed by atoms with E-state index in [0.717, 1.165) is 48.5 Å². The predicted octanol–water partition coefficient (Wildman–Crippen LogP) is 1.85. The molecular weight excluding hydrogens is 356 g/mol. The van der Waals surface area contributed by atoms with Gasteiger partial charge < -0.3 is 24.7 Å². The Morgan fingerprint density at radius 3 is 2.86 bits per heavy atom. The van der Waals surface area contributed by atoms with Gasteiger partial charge in [0, 0.05) is 25.6 Å². The van der Waals surface area contributed by atoms with Gasteiger partial charge in [0.1, 0.15) is 17.7 Å². The van der Waals surface area contributed by atoms with Crippen LogP contribution in [-0.2, 0) is 24.9 Å². The lowest BCUT2D eigenvalue weighted by atomic mass is 10.1. The van der Waals surface area contributed by atoms with Crippen molar-refractivity contribution >= 4 is 5.96 Å². The van der Waals surface area contributed by atoms with E-state index in [1.165, 1.54) is 5.56 Å². The zero-order chi connectivity index (χ0) is 19.9. The molecule has 8 nitrogen and oxygen atoms in total. The fourth-order valence-electron chi connectivity index (χ4n) is 2.96. The number of hydrogen-bond acceptors (Lipinski definition) is 5. The minimum absolute atomic E-state index is 0.120. The van der Waals surface area contributed by atoms with Crippen LogP contribution in [-0.4, -0.2) is 46.6 Å². The third kappa shape index (κ3) is 5.22. The molecule has 28 heavy (non-hydrogen) atoms. The molecular formula is C20H30N6O2. The van der Waals surface area contributed by atoms with Crippen molar-refractivity contribution in [1.82, 2.24) is 25.4 Å². The molecule has 0 amide bonds. The monoisotopic (exact) mass is 386 g/mol. The molecule has 3 rings (SSSR count). The summed E-state index contributed by atoms with van der Waals surface area (Å²) in [6, 6.07) is 6.25. The van der Waals surface area contributed by atoms with Crippen molar-refractivity contribution in [2.24, 2.45) is 12.0 Å². The Morgan fingerprint density at radius 1 is 1.32 bits per heavy atom. The summed E-state index contributed by atoms with van der Waals surface area (Å²) in [4.78, 5) is 4.73. The summed E-state index contributed by atoms with van der Waals surface area (Å²) in [6.07, 6.45) is 1.05. The number of nitrogens with one attached hydrogen (secondary N) is 2. The number of rotatable bonds is 7. The molecule has 8 heteroatoms. The van der Waals surface area contributed by atoms with Gasteiger partial charge in [0.05, 0.1) is 26.3 Å². The molecule has 1 saturated heterocycles. The van der Waals surface area contributed by atoms with Crippen molar-refractivity contribution < 1.29 is 9.47 Å². The summed E-state index contributed by atoms with van der Waals surface area (Å²) in [6.45, 7) is 9.32. The van der Waals surface area contributed by atoms with Crippen LogP contribution in [0.25, 0.3) is 0 Å². The number of guanidine groups is 1. The summed E-state index contributed by atoms with van der Waals surface area (Å²) in [5.74, 6) is 3.37. The molecule has 152 valence electrons. The van der Waals surface area contributed by atoms with Crippen LogP contribution in [0.15, 0.2) is 23.2 Å². The van der Waals surface area contributed by atoms with Crippen LogP contribution >= 0.6 is 0 Å². The Labute approximate surface area is 166 Å². The first kappa shape index (κ1) is 20.1. The Bertz CT molecular complexity index is 811. The number of nitrogens with zero attached hydrogens (tertiary/aromatic N) is 4. The first-order valence-electron chi connectivity index (χ1n) is 9.77. The Hall–Kier alpha value is -2.61. The molecule has 2 N–H and O–H groups in total. The van der Waals surface area contributed by atoms with E-state index in [1.807, 2.05) is 25.5 Å². The van der Waals surface area contributed by atoms with Gasteiger partial charge in [-0.05, 0) is 32.4 Å². The third-order valence-corrected chi connectivity index (χ3v) is 4.75. The van der Waals surface area contributed by atoms with Crippen molar-refractivity contribution in [3.8, 4) is 5.75 Å². The smallest absolute Gasteiger partial charge is 0.191 e. The third-order valence-electron chi connectivity index (χ3n) is 4.75. The molecule has 1 aromatic carbocycles. The summed E-state index contributed by atoms with van der Waals surface area (Å²) in [5.41, 5.74) is 2.23. The van der Waals surface area contributed by atoms with E-state index in [2.05, 4.69) is 46.0 Å². The van der Waals surface area contributed by atoms with Crippen LogP contribution in [0.3, 0.4) is 0 Å². The van der Waals surface area contributed by atoms with Crippen molar-refractivity contribution in [2.45, 2.75) is 46.4 Å². The molecule has 1 atom stereocenters. The van der Waals surface area contributed by atoms with Crippen molar-refractivity contribution in [1.29, 1.82) is 0 Å². The maximum atomic E-state index is 6.17. The van der Waals surface area contributed by atoms with Gasteiger partial charge >= 0.3 is 0 Å². The normalized spacial score (nSPS) is 17.0. The average molecular weight is 387 g/mol.